The van der Waals surface area contributed by atoms with Gasteiger partial charge in [0, 0.05) is 26.3 Å². The number of allylic oxidation sites excluding steroid dienone is 2. The average molecular weight is 469 g/mol. The number of carbonyl (C=O) groups excluding carboxylic acids is 3. The average Bonchev–Trinajstić information content (AvgIpc) is 3.01. The van der Waals surface area contributed by atoms with Crippen molar-refractivity contribution in [2.24, 2.45) is 5.41 Å². The monoisotopic (exact) mass is 469 g/mol. The van der Waals surface area contributed by atoms with Crippen LogP contribution in [0.4, 0.5) is 0 Å². The number of aliphatic carboxylic acids is 2. The summed E-state index contributed by atoms with van der Waals surface area (Å²) in [7, 11) is 0. The summed E-state index contributed by atoms with van der Waals surface area (Å²) in [5.41, 5.74) is -2.31. The molecule has 0 saturated heterocycles. The molecule has 0 spiro atoms. The van der Waals surface area contributed by atoms with Gasteiger partial charge in [0.25, 0.3) is 11.8 Å². The van der Waals surface area contributed by atoms with Gasteiger partial charge >= 0.3 is 17.9 Å². The summed E-state index contributed by atoms with van der Waals surface area (Å²) in [4.78, 5) is 62.0. The summed E-state index contributed by atoms with van der Waals surface area (Å²) >= 11 is 0. The van der Waals surface area contributed by atoms with Crippen molar-refractivity contribution in [1.82, 2.24) is 4.90 Å². The van der Waals surface area contributed by atoms with Crippen LogP contribution in [0.5, 0.6) is 0 Å². The van der Waals surface area contributed by atoms with Gasteiger partial charge in [-0.3, -0.25) is 28.9 Å². The molecule has 34 heavy (non-hydrogen) atoms. The molecule has 2 amide bonds. The van der Waals surface area contributed by atoms with Crippen LogP contribution in [0.1, 0.15) is 66.2 Å². The first-order valence-electron chi connectivity index (χ1n) is 11.0. The molecule has 0 bridgehead atoms. The van der Waals surface area contributed by atoms with Gasteiger partial charge in [-0.2, -0.15) is 0 Å². The lowest BCUT2D eigenvalue weighted by molar-refractivity contribution is -0.167. The first-order valence-corrected chi connectivity index (χ1v) is 11.0. The maximum Gasteiger partial charge on any atom is 0.310 e. The minimum atomic E-state index is -1.71. The van der Waals surface area contributed by atoms with Gasteiger partial charge in [0.2, 0.25) is 0 Å². The second-order valence-electron chi connectivity index (χ2n) is 8.75. The lowest BCUT2D eigenvalue weighted by Gasteiger charge is -2.39. The predicted octanol–water partition coefficient (Wildman–Crippen LogP) is 3.21. The Morgan fingerprint density at radius 3 is 2.21 bits per heavy atom. The van der Waals surface area contributed by atoms with E-state index in [1.54, 1.807) is 48.6 Å². The number of carboxylic acid groups (broad SMARTS) is 2. The third-order valence-corrected chi connectivity index (χ3v) is 6.20. The fourth-order valence-corrected chi connectivity index (χ4v) is 4.71. The Morgan fingerprint density at radius 1 is 1.06 bits per heavy atom. The Labute approximate surface area is 196 Å². The van der Waals surface area contributed by atoms with Crippen LogP contribution in [-0.2, 0) is 19.1 Å². The Hall–Kier alpha value is -3.75. The molecule has 9 nitrogen and oxygen atoms in total. The number of carboxylic acids is 2. The molecule has 1 aliphatic carbocycles. The number of amides is 2. The molecule has 0 radical (unpaired) electrons. The number of benzene rings is 1. The number of imide groups is 1. The van der Waals surface area contributed by atoms with Gasteiger partial charge in [0.15, 0.2) is 0 Å². The van der Waals surface area contributed by atoms with Gasteiger partial charge in [-0.05, 0) is 31.1 Å². The van der Waals surface area contributed by atoms with Crippen LogP contribution in [0.3, 0.4) is 0 Å². The molecule has 1 aliphatic heterocycles. The van der Waals surface area contributed by atoms with E-state index in [9.17, 15) is 34.2 Å². The second-order valence-corrected chi connectivity index (χ2v) is 8.75. The zero-order chi connectivity index (χ0) is 24.9. The number of carbonyl (C=O) groups is 5. The standard InChI is InChI=1S/C25H27NO8/c1-17(27)34-25(12-5-2-6-13-25)16-24(23(32)33,15-20(28)29)11-7-8-14-26-21(30)18-9-3-4-10-19(18)22(26)31/h2-6,9-10,12H,7-8,11,13-16H2,1H3,(H,28,29)(H,32,33). The van der Waals surface area contributed by atoms with Gasteiger partial charge < -0.3 is 14.9 Å². The normalized spacial score (nSPS) is 20.7. The van der Waals surface area contributed by atoms with Crippen molar-refractivity contribution < 1.29 is 38.9 Å². The second kappa shape index (κ2) is 10.0. The van der Waals surface area contributed by atoms with Crippen LogP contribution >= 0.6 is 0 Å². The molecule has 2 unspecified atom stereocenters. The van der Waals surface area contributed by atoms with E-state index >= 15 is 0 Å². The van der Waals surface area contributed by atoms with Gasteiger partial charge in [-0.15, -0.1) is 0 Å². The number of esters is 1. The smallest absolute Gasteiger partial charge is 0.310 e. The van der Waals surface area contributed by atoms with E-state index < -0.39 is 47.2 Å². The topological polar surface area (TPSA) is 138 Å². The minimum Gasteiger partial charge on any atom is -0.481 e. The van der Waals surface area contributed by atoms with E-state index in [0.717, 1.165) is 4.90 Å². The highest BCUT2D eigenvalue weighted by Crippen LogP contribution is 2.42. The van der Waals surface area contributed by atoms with Crippen LogP contribution < -0.4 is 0 Å². The summed E-state index contributed by atoms with van der Waals surface area (Å²) in [5.74, 6) is -3.98. The molecular weight excluding hydrogens is 442 g/mol. The first-order chi connectivity index (χ1) is 16.1. The SMILES string of the molecule is CC(=O)OC1(CC(CCCCN2C(=O)c3ccccc3C2=O)(CC(=O)O)C(=O)O)C=CC=CC1. The third-order valence-electron chi connectivity index (χ3n) is 6.20. The fraction of sp³-hybridized carbons (Fsp3) is 0.400. The predicted molar refractivity (Wildman–Crippen MR) is 120 cm³/mol. The Kier molecular flexibility index (Phi) is 7.34. The number of hydrogen-bond acceptors (Lipinski definition) is 6. The molecule has 9 heteroatoms. The summed E-state index contributed by atoms with van der Waals surface area (Å²) in [6.07, 6.45) is 6.59. The first kappa shape index (κ1) is 24.9. The molecular formula is C25H27NO8. The number of unbranched alkanes of at least 4 members (excludes halogenated alkanes) is 1. The maximum atomic E-state index is 12.5. The highest BCUT2D eigenvalue weighted by molar-refractivity contribution is 6.21. The molecule has 2 atom stereocenters. The Morgan fingerprint density at radius 2 is 1.71 bits per heavy atom. The molecule has 1 aromatic carbocycles. The quantitative estimate of drug-likeness (QED) is 0.286. The molecule has 0 aromatic heterocycles. The number of hydrogen-bond donors (Lipinski definition) is 2. The van der Waals surface area contributed by atoms with Crippen molar-refractivity contribution in [3.8, 4) is 0 Å². The summed E-state index contributed by atoms with van der Waals surface area (Å²) in [6.45, 7) is 1.31. The van der Waals surface area contributed by atoms with Crippen molar-refractivity contribution in [3.63, 3.8) is 0 Å². The lowest BCUT2D eigenvalue weighted by Crippen LogP contribution is -2.44. The van der Waals surface area contributed by atoms with E-state index in [1.807, 2.05) is 0 Å². The van der Waals surface area contributed by atoms with Gasteiger partial charge in [-0.25, -0.2) is 0 Å². The summed E-state index contributed by atoms with van der Waals surface area (Å²) < 4.78 is 5.49. The fourth-order valence-electron chi connectivity index (χ4n) is 4.71. The molecule has 1 heterocycles. The van der Waals surface area contributed by atoms with Crippen LogP contribution in [-0.4, -0.2) is 57.0 Å². The zero-order valence-corrected chi connectivity index (χ0v) is 18.9. The van der Waals surface area contributed by atoms with E-state index in [2.05, 4.69) is 0 Å². The van der Waals surface area contributed by atoms with Crippen LogP contribution in [0.15, 0.2) is 48.6 Å². The van der Waals surface area contributed by atoms with Crippen molar-refractivity contribution in [2.45, 2.75) is 51.0 Å². The van der Waals surface area contributed by atoms with Gasteiger partial charge in [0.05, 0.1) is 23.0 Å². The van der Waals surface area contributed by atoms with Crippen molar-refractivity contribution in [2.75, 3.05) is 6.54 Å². The number of ether oxygens (including phenoxy) is 1. The molecule has 1 aromatic rings. The zero-order valence-electron chi connectivity index (χ0n) is 18.9. The van der Waals surface area contributed by atoms with Crippen LogP contribution in [0.2, 0.25) is 0 Å². The molecule has 3 rings (SSSR count). The van der Waals surface area contributed by atoms with E-state index in [-0.39, 0.29) is 32.2 Å². The maximum absolute atomic E-state index is 12.5. The highest BCUT2D eigenvalue weighted by Gasteiger charge is 2.48. The summed E-state index contributed by atoms with van der Waals surface area (Å²) in [5, 5.41) is 19.6. The lowest BCUT2D eigenvalue weighted by atomic mass is 9.70. The number of nitrogens with zero attached hydrogens (tertiary/aromatic N) is 1. The molecule has 180 valence electrons. The third kappa shape index (κ3) is 5.24. The van der Waals surface area contributed by atoms with E-state index in [0.29, 0.717) is 17.5 Å². The van der Waals surface area contributed by atoms with Gasteiger partial charge in [-0.1, -0.05) is 36.8 Å². The number of rotatable bonds is 11. The molecule has 2 N–H and O–H groups in total. The largest absolute Gasteiger partial charge is 0.481 e. The number of fused-ring (bicyclic) bond motifs is 1. The van der Waals surface area contributed by atoms with Crippen molar-refractivity contribution >= 4 is 29.7 Å². The van der Waals surface area contributed by atoms with Crippen molar-refractivity contribution in [3.05, 3.63) is 59.7 Å². The van der Waals surface area contributed by atoms with Crippen LogP contribution in [0, 0.1) is 5.41 Å². The molecule has 0 saturated carbocycles. The van der Waals surface area contributed by atoms with E-state index in [1.165, 1.54) is 6.92 Å². The Balaban J connectivity index is 1.73. The highest BCUT2D eigenvalue weighted by atomic mass is 16.6. The van der Waals surface area contributed by atoms with E-state index in [4.69, 9.17) is 4.74 Å². The molecule has 0 fully saturated rings. The molecule has 2 aliphatic rings. The van der Waals surface area contributed by atoms with Crippen molar-refractivity contribution in [1.29, 1.82) is 0 Å². The van der Waals surface area contributed by atoms with Crippen LogP contribution in [0.25, 0.3) is 0 Å². The Bertz CT molecular complexity index is 1040. The van der Waals surface area contributed by atoms with Gasteiger partial charge in [0.1, 0.15) is 5.60 Å². The minimum absolute atomic E-state index is 0.0294. The summed E-state index contributed by atoms with van der Waals surface area (Å²) in [6, 6.07) is 6.51.